The zero-order valence-corrected chi connectivity index (χ0v) is 10.7. The zero-order valence-electron chi connectivity index (χ0n) is 10.7. The Hall–Kier alpha value is -1.57. The first kappa shape index (κ1) is 11.9. The van der Waals surface area contributed by atoms with Gasteiger partial charge in [-0.15, -0.1) is 0 Å². The number of aromatic nitrogens is 1. The van der Waals surface area contributed by atoms with Crippen LogP contribution in [0.2, 0.25) is 0 Å². The maximum atomic E-state index is 4.54. The number of rotatable bonds is 5. The largest absolute Gasteiger partial charge is 0.384 e. The summed E-state index contributed by atoms with van der Waals surface area (Å²) in [5, 5.41) is 4.74. The normalized spacial score (nSPS) is 10.7. The van der Waals surface area contributed by atoms with Gasteiger partial charge in [-0.2, -0.15) is 0 Å². The number of nitrogens with zero attached hydrogens (tertiary/aromatic N) is 1. The third-order valence-corrected chi connectivity index (χ3v) is 2.94. The second-order valence-electron chi connectivity index (χ2n) is 4.46. The Bertz CT molecular complexity index is 491. The van der Waals surface area contributed by atoms with Crippen molar-refractivity contribution in [3.8, 4) is 0 Å². The van der Waals surface area contributed by atoms with E-state index in [4.69, 9.17) is 0 Å². The van der Waals surface area contributed by atoms with Crippen LogP contribution in [-0.4, -0.2) is 11.5 Å². The smallest absolute Gasteiger partial charge is 0.0725 e. The van der Waals surface area contributed by atoms with Crippen LogP contribution < -0.4 is 5.32 Å². The summed E-state index contributed by atoms with van der Waals surface area (Å²) >= 11 is 0. The number of pyridine rings is 1. The highest BCUT2D eigenvalue weighted by molar-refractivity contribution is 5.91. The number of para-hydroxylation sites is 1. The van der Waals surface area contributed by atoms with Crippen LogP contribution in [0.5, 0.6) is 0 Å². The highest BCUT2D eigenvalue weighted by atomic mass is 14.9. The fraction of sp³-hybridized carbons (Fsp3) is 0.400. The van der Waals surface area contributed by atoms with E-state index in [9.17, 15) is 0 Å². The van der Waals surface area contributed by atoms with Crippen molar-refractivity contribution in [3.63, 3.8) is 0 Å². The summed E-state index contributed by atoms with van der Waals surface area (Å²) in [6.45, 7) is 5.32. The van der Waals surface area contributed by atoms with Crippen LogP contribution in [0.15, 0.2) is 30.3 Å². The van der Waals surface area contributed by atoms with Crippen molar-refractivity contribution in [1.82, 2.24) is 4.98 Å². The highest BCUT2D eigenvalue weighted by Crippen LogP contribution is 2.22. The molecule has 0 spiro atoms. The number of aryl methyl sites for hydroxylation is 1. The molecule has 90 valence electrons. The summed E-state index contributed by atoms with van der Waals surface area (Å²) in [5.74, 6) is 0. The van der Waals surface area contributed by atoms with E-state index in [0.29, 0.717) is 0 Å². The van der Waals surface area contributed by atoms with E-state index in [2.05, 4.69) is 41.5 Å². The average molecular weight is 228 g/mol. The summed E-state index contributed by atoms with van der Waals surface area (Å²) < 4.78 is 0. The molecule has 0 aliphatic carbocycles. The number of hydrogen-bond donors (Lipinski definition) is 1. The lowest BCUT2D eigenvalue weighted by Crippen LogP contribution is -2.02. The summed E-state index contributed by atoms with van der Waals surface area (Å²) in [4.78, 5) is 4.54. The second kappa shape index (κ2) is 5.67. The lowest BCUT2D eigenvalue weighted by Gasteiger charge is -2.10. The maximum absolute atomic E-state index is 4.54. The van der Waals surface area contributed by atoms with Crippen LogP contribution >= 0.6 is 0 Å². The fourth-order valence-electron chi connectivity index (χ4n) is 2.05. The van der Waals surface area contributed by atoms with Gasteiger partial charge in [0.15, 0.2) is 0 Å². The minimum atomic E-state index is 1.04. The molecule has 0 aliphatic rings. The quantitative estimate of drug-likeness (QED) is 0.778. The molecule has 2 aromatic rings. The summed E-state index contributed by atoms with van der Waals surface area (Å²) in [6.07, 6.45) is 3.78. The molecule has 0 unspecified atom stereocenters. The molecular formula is C15H20N2. The summed E-state index contributed by atoms with van der Waals surface area (Å²) in [5.41, 5.74) is 3.36. The molecule has 2 nitrogen and oxygen atoms in total. The van der Waals surface area contributed by atoms with Crippen LogP contribution in [0.25, 0.3) is 10.9 Å². The van der Waals surface area contributed by atoms with E-state index < -0.39 is 0 Å². The first-order chi connectivity index (χ1) is 8.31. The molecule has 0 radical (unpaired) electrons. The zero-order chi connectivity index (χ0) is 12.1. The standard InChI is InChI=1S/C15H20N2/c1-3-4-7-10-16-15-11-12(2)17-14-9-6-5-8-13(14)15/h5-6,8-9,11H,3-4,7,10H2,1-2H3,(H,16,17). The van der Waals surface area contributed by atoms with Crippen molar-refractivity contribution in [2.75, 3.05) is 11.9 Å². The molecule has 0 fully saturated rings. The van der Waals surface area contributed by atoms with E-state index >= 15 is 0 Å². The van der Waals surface area contributed by atoms with Gasteiger partial charge >= 0.3 is 0 Å². The van der Waals surface area contributed by atoms with Gasteiger partial charge in [0.1, 0.15) is 0 Å². The number of anilines is 1. The fourth-order valence-corrected chi connectivity index (χ4v) is 2.05. The molecule has 17 heavy (non-hydrogen) atoms. The van der Waals surface area contributed by atoms with Crippen LogP contribution in [0.3, 0.4) is 0 Å². The molecule has 0 saturated heterocycles. The van der Waals surface area contributed by atoms with Crippen molar-refractivity contribution < 1.29 is 0 Å². The van der Waals surface area contributed by atoms with Gasteiger partial charge in [-0.1, -0.05) is 38.0 Å². The highest BCUT2D eigenvalue weighted by Gasteiger charge is 2.02. The first-order valence-corrected chi connectivity index (χ1v) is 6.41. The van der Waals surface area contributed by atoms with Gasteiger partial charge < -0.3 is 5.32 Å². The Morgan fingerprint density at radius 2 is 2.00 bits per heavy atom. The van der Waals surface area contributed by atoms with Crippen molar-refractivity contribution in [2.45, 2.75) is 33.1 Å². The van der Waals surface area contributed by atoms with Crippen molar-refractivity contribution in [3.05, 3.63) is 36.0 Å². The van der Waals surface area contributed by atoms with Crippen molar-refractivity contribution in [1.29, 1.82) is 0 Å². The van der Waals surface area contributed by atoms with E-state index in [-0.39, 0.29) is 0 Å². The van der Waals surface area contributed by atoms with Gasteiger partial charge in [0.2, 0.25) is 0 Å². The van der Waals surface area contributed by atoms with Crippen LogP contribution in [0.4, 0.5) is 5.69 Å². The average Bonchev–Trinajstić information content (AvgIpc) is 2.34. The SMILES string of the molecule is CCCCCNc1cc(C)nc2ccccc12. The predicted octanol–water partition coefficient (Wildman–Crippen LogP) is 4.15. The van der Waals surface area contributed by atoms with Crippen molar-refractivity contribution >= 4 is 16.6 Å². The van der Waals surface area contributed by atoms with E-state index in [1.54, 1.807) is 0 Å². The van der Waals surface area contributed by atoms with Crippen LogP contribution in [-0.2, 0) is 0 Å². The lowest BCUT2D eigenvalue weighted by molar-refractivity contribution is 0.744. The van der Waals surface area contributed by atoms with E-state index in [1.165, 1.54) is 30.3 Å². The third-order valence-electron chi connectivity index (χ3n) is 2.94. The van der Waals surface area contributed by atoms with Gasteiger partial charge in [-0.25, -0.2) is 0 Å². The number of fused-ring (bicyclic) bond motifs is 1. The lowest BCUT2D eigenvalue weighted by atomic mass is 10.1. The van der Waals surface area contributed by atoms with Gasteiger partial charge in [0.05, 0.1) is 5.52 Å². The maximum Gasteiger partial charge on any atom is 0.0725 e. The van der Waals surface area contributed by atoms with Gasteiger partial charge in [-0.05, 0) is 25.5 Å². The Balaban J connectivity index is 2.20. The molecule has 2 rings (SSSR count). The molecule has 0 atom stereocenters. The molecule has 1 aromatic carbocycles. The van der Waals surface area contributed by atoms with Gasteiger partial charge in [0, 0.05) is 23.3 Å². The third kappa shape index (κ3) is 2.96. The van der Waals surface area contributed by atoms with Crippen LogP contribution in [0, 0.1) is 6.92 Å². The Labute approximate surface area is 103 Å². The van der Waals surface area contributed by atoms with E-state index in [0.717, 1.165) is 17.8 Å². The van der Waals surface area contributed by atoms with E-state index in [1.807, 2.05) is 13.0 Å². The molecule has 0 aliphatic heterocycles. The topological polar surface area (TPSA) is 24.9 Å². The van der Waals surface area contributed by atoms with Gasteiger partial charge in [-0.3, -0.25) is 4.98 Å². The molecular weight excluding hydrogens is 208 g/mol. The minimum Gasteiger partial charge on any atom is -0.384 e. The Kier molecular flexibility index (Phi) is 3.97. The minimum absolute atomic E-state index is 1.04. The number of unbranched alkanes of at least 4 members (excludes halogenated alkanes) is 2. The van der Waals surface area contributed by atoms with Crippen LogP contribution in [0.1, 0.15) is 31.9 Å². The Morgan fingerprint density at radius 3 is 2.82 bits per heavy atom. The summed E-state index contributed by atoms with van der Waals surface area (Å²) in [6, 6.07) is 10.4. The predicted molar refractivity (Wildman–Crippen MR) is 74.5 cm³/mol. The van der Waals surface area contributed by atoms with Gasteiger partial charge in [0.25, 0.3) is 0 Å². The molecule has 1 heterocycles. The molecule has 0 bridgehead atoms. The monoisotopic (exact) mass is 228 g/mol. The number of benzene rings is 1. The molecule has 1 aromatic heterocycles. The first-order valence-electron chi connectivity index (χ1n) is 6.41. The molecule has 1 N–H and O–H groups in total. The number of nitrogens with one attached hydrogen (secondary N) is 1. The second-order valence-corrected chi connectivity index (χ2v) is 4.46. The summed E-state index contributed by atoms with van der Waals surface area (Å²) in [7, 11) is 0. The number of hydrogen-bond acceptors (Lipinski definition) is 2. The molecule has 0 saturated carbocycles. The van der Waals surface area contributed by atoms with Crippen molar-refractivity contribution in [2.24, 2.45) is 0 Å². The molecule has 0 amide bonds. The molecule has 2 heteroatoms. The Morgan fingerprint density at radius 1 is 1.18 bits per heavy atom.